The fourth-order valence-corrected chi connectivity index (χ4v) is 6.41. The van der Waals surface area contributed by atoms with Crippen molar-refractivity contribution in [1.29, 1.82) is 0 Å². The Morgan fingerprint density at radius 3 is 2.17 bits per heavy atom. The fourth-order valence-electron chi connectivity index (χ4n) is 6.41. The third-order valence-electron chi connectivity index (χ3n) is 7.35. The van der Waals surface area contributed by atoms with Gasteiger partial charge in [0.05, 0.1) is 6.04 Å². The summed E-state index contributed by atoms with van der Waals surface area (Å²) >= 11 is 0. The van der Waals surface area contributed by atoms with E-state index in [9.17, 15) is 9.59 Å². The number of rotatable bonds is 8. The monoisotopic (exact) mass is 412 g/mol. The number of amides is 3. The molecule has 4 aliphatic rings. The van der Waals surface area contributed by atoms with E-state index in [1.165, 1.54) is 24.8 Å². The first-order valence-corrected chi connectivity index (χ1v) is 11.5. The molecule has 30 heavy (non-hydrogen) atoms. The number of likely N-dealkylation sites (N-methyl/N-ethyl adjacent to an activating group) is 1. The van der Waals surface area contributed by atoms with Crippen LogP contribution in [0.25, 0.3) is 0 Å². The van der Waals surface area contributed by atoms with E-state index in [4.69, 9.17) is 0 Å². The molecule has 0 aliphatic heterocycles. The minimum atomic E-state index is -0.111. The standard InChI is InChI=1S/C24H36N4O2/c1-28(2)21(20-6-4-3-5-7-20)16-26-22(29)8-9-25-23(30)27-24-13-17-10-18(14-24)12-19(11-17)15-24/h3-7,17-19,21H,8-16H2,1-2H3,(H,26,29)(H2,25,27,30). The van der Waals surface area contributed by atoms with Crippen molar-refractivity contribution in [2.45, 2.75) is 56.5 Å². The van der Waals surface area contributed by atoms with Gasteiger partial charge in [0.15, 0.2) is 0 Å². The number of nitrogens with one attached hydrogen (secondary N) is 3. The Bertz CT molecular complexity index is 714. The number of nitrogens with zero attached hydrogens (tertiary/aromatic N) is 1. The minimum Gasteiger partial charge on any atom is -0.354 e. The van der Waals surface area contributed by atoms with E-state index >= 15 is 0 Å². The van der Waals surface area contributed by atoms with Gasteiger partial charge in [-0.1, -0.05) is 30.3 Å². The van der Waals surface area contributed by atoms with Crippen LogP contribution in [0.15, 0.2) is 30.3 Å². The zero-order valence-corrected chi connectivity index (χ0v) is 18.3. The van der Waals surface area contributed by atoms with E-state index in [1.54, 1.807) is 0 Å². The third kappa shape index (κ3) is 4.97. The molecule has 0 radical (unpaired) electrons. The molecule has 0 spiro atoms. The molecule has 0 aromatic heterocycles. The van der Waals surface area contributed by atoms with Gasteiger partial charge in [-0.25, -0.2) is 4.79 Å². The van der Waals surface area contributed by atoms with Gasteiger partial charge in [-0.05, 0) is 75.9 Å². The molecule has 1 aromatic carbocycles. The maximum absolute atomic E-state index is 12.5. The molecule has 4 saturated carbocycles. The van der Waals surface area contributed by atoms with Crippen molar-refractivity contribution in [3.8, 4) is 0 Å². The van der Waals surface area contributed by atoms with E-state index in [0.29, 0.717) is 19.5 Å². The predicted molar refractivity (Wildman–Crippen MR) is 118 cm³/mol. The molecule has 6 nitrogen and oxygen atoms in total. The van der Waals surface area contributed by atoms with Crippen LogP contribution in [0.4, 0.5) is 4.79 Å². The number of carbonyl (C=O) groups excluding carboxylic acids is 2. The predicted octanol–water partition coefficient (Wildman–Crippen LogP) is 3.06. The summed E-state index contributed by atoms with van der Waals surface area (Å²) in [5, 5.41) is 9.22. The first kappa shape index (κ1) is 21.2. The van der Waals surface area contributed by atoms with E-state index in [0.717, 1.165) is 37.0 Å². The molecule has 0 saturated heterocycles. The lowest BCUT2D eigenvalue weighted by Gasteiger charge is -2.56. The summed E-state index contributed by atoms with van der Waals surface area (Å²) in [6.07, 6.45) is 7.79. The average Bonchev–Trinajstić information content (AvgIpc) is 2.67. The summed E-state index contributed by atoms with van der Waals surface area (Å²) in [6, 6.07) is 10.2. The first-order valence-electron chi connectivity index (χ1n) is 11.5. The van der Waals surface area contributed by atoms with Gasteiger partial charge in [0.25, 0.3) is 0 Å². The van der Waals surface area contributed by atoms with Crippen LogP contribution in [0, 0.1) is 17.8 Å². The topological polar surface area (TPSA) is 73.5 Å². The van der Waals surface area contributed by atoms with E-state index in [-0.39, 0.29) is 23.5 Å². The van der Waals surface area contributed by atoms with Crippen LogP contribution in [0.1, 0.15) is 56.6 Å². The second-order valence-electron chi connectivity index (χ2n) is 10.0. The van der Waals surface area contributed by atoms with Gasteiger partial charge in [0.1, 0.15) is 0 Å². The molecular weight excluding hydrogens is 376 g/mol. The molecule has 3 amide bonds. The Labute approximate surface area is 180 Å². The summed E-state index contributed by atoms with van der Waals surface area (Å²) in [4.78, 5) is 26.9. The van der Waals surface area contributed by atoms with Crippen molar-refractivity contribution >= 4 is 11.9 Å². The minimum absolute atomic E-state index is 0.00963. The molecular formula is C24H36N4O2. The molecule has 3 N–H and O–H groups in total. The Kier molecular flexibility index (Phi) is 6.32. The van der Waals surface area contributed by atoms with Crippen LogP contribution in [0.3, 0.4) is 0 Å². The molecule has 1 atom stereocenters. The quantitative estimate of drug-likeness (QED) is 0.614. The van der Waals surface area contributed by atoms with Gasteiger partial charge in [-0.2, -0.15) is 0 Å². The summed E-state index contributed by atoms with van der Waals surface area (Å²) < 4.78 is 0. The summed E-state index contributed by atoms with van der Waals surface area (Å²) in [5.74, 6) is 2.37. The molecule has 4 fully saturated rings. The van der Waals surface area contributed by atoms with Crippen LogP contribution in [-0.4, -0.2) is 49.6 Å². The maximum atomic E-state index is 12.5. The zero-order chi connectivity index (χ0) is 21.1. The lowest BCUT2D eigenvalue weighted by atomic mass is 9.53. The highest BCUT2D eigenvalue weighted by Gasteiger charge is 2.51. The van der Waals surface area contributed by atoms with E-state index < -0.39 is 0 Å². The van der Waals surface area contributed by atoms with Crippen molar-refractivity contribution in [2.75, 3.05) is 27.2 Å². The van der Waals surface area contributed by atoms with Gasteiger partial charge in [-0.3, -0.25) is 4.79 Å². The highest BCUT2D eigenvalue weighted by molar-refractivity contribution is 5.78. The molecule has 4 bridgehead atoms. The van der Waals surface area contributed by atoms with E-state index in [1.807, 2.05) is 32.3 Å². The molecule has 4 aliphatic carbocycles. The smallest absolute Gasteiger partial charge is 0.315 e. The number of benzene rings is 1. The van der Waals surface area contributed by atoms with Crippen molar-refractivity contribution in [2.24, 2.45) is 17.8 Å². The van der Waals surface area contributed by atoms with E-state index in [2.05, 4.69) is 33.0 Å². The Morgan fingerprint density at radius 2 is 1.60 bits per heavy atom. The van der Waals surface area contributed by atoms with Gasteiger partial charge in [0.2, 0.25) is 5.91 Å². The second kappa shape index (κ2) is 8.96. The van der Waals surface area contributed by atoms with Crippen LogP contribution < -0.4 is 16.0 Å². The lowest BCUT2D eigenvalue weighted by Crippen LogP contribution is -2.61. The molecule has 1 aromatic rings. The van der Waals surface area contributed by atoms with Crippen molar-refractivity contribution in [1.82, 2.24) is 20.9 Å². The Balaban J connectivity index is 1.18. The molecule has 0 heterocycles. The van der Waals surface area contributed by atoms with Gasteiger partial charge in [-0.15, -0.1) is 0 Å². The van der Waals surface area contributed by atoms with Crippen LogP contribution in [-0.2, 0) is 4.79 Å². The molecule has 164 valence electrons. The maximum Gasteiger partial charge on any atom is 0.315 e. The number of urea groups is 1. The average molecular weight is 413 g/mol. The molecule has 6 heteroatoms. The highest BCUT2D eigenvalue weighted by atomic mass is 16.2. The number of carbonyl (C=O) groups is 2. The summed E-state index contributed by atoms with van der Waals surface area (Å²) in [6.45, 7) is 0.914. The SMILES string of the molecule is CN(C)C(CNC(=O)CCNC(=O)NC12CC3CC(CC(C3)C1)C2)c1ccccc1. The number of hydrogen-bond acceptors (Lipinski definition) is 3. The second-order valence-corrected chi connectivity index (χ2v) is 10.0. The van der Waals surface area contributed by atoms with Crippen LogP contribution >= 0.6 is 0 Å². The number of hydrogen-bond donors (Lipinski definition) is 3. The first-order chi connectivity index (χ1) is 14.4. The van der Waals surface area contributed by atoms with Crippen LogP contribution in [0.2, 0.25) is 0 Å². The zero-order valence-electron chi connectivity index (χ0n) is 18.3. The summed E-state index contributed by atoms with van der Waals surface area (Å²) in [5.41, 5.74) is 1.19. The summed E-state index contributed by atoms with van der Waals surface area (Å²) in [7, 11) is 4.03. The largest absolute Gasteiger partial charge is 0.354 e. The van der Waals surface area contributed by atoms with Crippen molar-refractivity contribution in [3.63, 3.8) is 0 Å². The normalized spacial score (nSPS) is 30.2. The van der Waals surface area contributed by atoms with Gasteiger partial charge in [0, 0.05) is 25.0 Å². The lowest BCUT2D eigenvalue weighted by molar-refractivity contribution is -0.121. The molecule has 1 unspecified atom stereocenters. The Morgan fingerprint density at radius 1 is 1.00 bits per heavy atom. The van der Waals surface area contributed by atoms with Crippen molar-refractivity contribution in [3.05, 3.63) is 35.9 Å². The third-order valence-corrected chi connectivity index (χ3v) is 7.35. The van der Waals surface area contributed by atoms with Gasteiger partial charge >= 0.3 is 6.03 Å². The van der Waals surface area contributed by atoms with Crippen molar-refractivity contribution < 1.29 is 9.59 Å². The van der Waals surface area contributed by atoms with Gasteiger partial charge < -0.3 is 20.9 Å². The highest BCUT2D eigenvalue weighted by Crippen LogP contribution is 2.55. The fraction of sp³-hybridized carbons (Fsp3) is 0.667. The van der Waals surface area contributed by atoms with Crippen LogP contribution in [0.5, 0.6) is 0 Å². The molecule has 5 rings (SSSR count). The Hall–Kier alpha value is -2.08.